The lowest BCUT2D eigenvalue weighted by Gasteiger charge is -2.19. The second-order valence-electron chi connectivity index (χ2n) is 5.49. The number of hydrogen-bond acceptors (Lipinski definition) is 3. The van der Waals surface area contributed by atoms with E-state index >= 15 is 0 Å². The number of aryl methyl sites for hydroxylation is 1. The van der Waals surface area contributed by atoms with Crippen LogP contribution < -0.4 is 16.8 Å². The van der Waals surface area contributed by atoms with Crippen molar-refractivity contribution in [3.63, 3.8) is 0 Å². The van der Waals surface area contributed by atoms with Crippen molar-refractivity contribution in [2.75, 3.05) is 16.8 Å². The topological polar surface area (TPSA) is 81.1 Å². The number of amides is 1. The van der Waals surface area contributed by atoms with Crippen LogP contribution in [0.25, 0.3) is 0 Å². The van der Waals surface area contributed by atoms with Crippen molar-refractivity contribution in [1.29, 1.82) is 0 Å². The van der Waals surface area contributed by atoms with Crippen molar-refractivity contribution in [2.24, 2.45) is 0 Å². The van der Waals surface area contributed by atoms with Gasteiger partial charge < -0.3 is 16.8 Å². The van der Waals surface area contributed by atoms with Gasteiger partial charge in [0.2, 0.25) is 0 Å². The van der Waals surface area contributed by atoms with Gasteiger partial charge in [-0.25, -0.2) is 0 Å². The van der Waals surface area contributed by atoms with Gasteiger partial charge in [0.15, 0.2) is 0 Å². The van der Waals surface area contributed by atoms with E-state index in [1.165, 1.54) is 24.0 Å². The zero-order valence-corrected chi connectivity index (χ0v) is 11.9. The maximum atomic E-state index is 12.4. The smallest absolute Gasteiger partial charge is 0.255 e. The number of nitrogens with one attached hydrogen (secondary N) is 1. The van der Waals surface area contributed by atoms with Crippen LogP contribution in [-0.2, 0) is 12.8 Å². The molecule has 5 N–H and O–H groups in total. The fraction of sp³-hybridized carbons (Fsp3) is 0.235. The fourth-order valence-corrected chi connectivity index (χ4v) is 2.90. The van der Waals surface area contributed by atoms with Gasteiger partial charge in [0.05, 0.1) is 0 Å². The van der Waals surface area contributed by atoms with Crippen molar-refractivity contribution in [3.8, 4) is 0 Å². The van der Waals surface area contributed by atoms with E-state index in [-0.39, 0.29) is 5.91 Å². The Kier molecular flexibility index (Phi) is 3.52. The van der Waals surface area contributed by atoms with Crippen LogP contribution in [0, 0.1) is 0 Å². The summed E-state index contributed by atoms with van der Waals surface area (Å²) < 4.78 is 0. The molecular weight excluding hydrogens is 262 g/mol. The van der Waals surface area contributed by atoms with E-state index in [0.717, 1.165) is 18.5 Å². The Bertz CT molecular complexity index is 674. The fourth-order valence-electron chi connectivity index (χ4n) is 2.90. The Morgan fingerprint density at radius 2 is 1.71 bits per heavy atom. The van der Waals surface area contributed by atoms with Crippen LogP contribution in [0.2, 0.25) is 0 Å². The van der Waals surface area contributed by atoms with E-state index in [0.29, 0.717) is 16.9 Å². The number of benzene rings is 2. The summed E-state index contributed by atoms with van der Waals surface area (Å²) in [7, 11) is 0. The maximum Gasteiger partial charge on any atom is 0.255 e. The lowest BCUT2D eigenvalue weighted by molar-refractivity contribution is 0.102. The first-order valence-corrected chi connectivity index (χ1v) is 7.21. The average Bonchev–Trinajstić information content (AvgIpc) is 2.46. The molecule has 4 nitrogen and oxygen atoms in total. The molecule has 0 radical (unpaired) electrons. The van der Waals surface area contributed by atoms with Crippen LogP contribution in [0.15, 0.2) is 36.4 Å². The molecule has 2 aromatic carbocycles. The first kappa shape index (κ1) is 13.5. The summed E-state index contributed by atoms with van der Waals surface area (Å²) in [5, 5.41) is 2.99. The highest BCUT2D eigenvalue weighted by Crippen LogP contribution is 2.28. The molecule has 0 aliphatic heterocycles. The summed E-state index contributed by atoms with van der Waals surface area (Å²) in [5.74, 6) is -0.173. The van der Waals surface area contributed by atoms with Gasteiger partial charge in [-0.15, -0.1) is 0 Å². The molecule has 0 saturated heterocycles. The Balaban J connectivity index is 1.88. The van der Waals surface area contributed by atoms with Crippen LogP contribution in [0.5, 0.6) is 0 Å². The van der Waals surface area contributed by atoms with Gasteiger partial charge in [-0.1, -0.05) is 12.1 Å². The molecule has 108 valence electrons. The molecular formula is C17H19N3O. The van der Waals surface area contributed by atoms with Gasteiger partial charge in [0, 0.05) is 22.6 Å². The summed E-state index contributed by atoms with van der Waals surface area (Å²) in [4.78, 5) is 12.4. The highest BCUT2D eigenvalue weighted by molar-refractivity contribution is 6.05. The average molecular weight is 281 g/mol. The Morgan fingerprint density at radius 3 is 2.48 bits per heavy atom. The molecule has 0 saturated carbocycles. The minimum absolute atomic E-state index is 0.173. The quantitative estimate of drug-likeness (QED) is 0.740. The van der Waals surface area contributed by atoms with Gasteiger partial charge in [-0.05, 0) is 61.1 Å². The number of anilines is 3. The molecule has 2 aromatic rings. The molecule has 3 rings (SSSR count). The minimum atomic E-state index is -0.173. The van der Waals surface area contributed by atoms with E-state index < -0.39 is 0 Å². The van der Waals surface area contributed by atoms with E-state index in [1.54, 1.807) is 18.2 Å². The van der Waals surface area contributed by atoms with Gasteiger partial charge >= 0.3 is 0 Å². The summed E-state index contributed by atoms with van der Waals surface area (Å²) in [5.41, 5.74) is 16.5. The Labute approximate surface area is 124 Å². The van der Waals surface area contributed by atoms with Crippen LogP contribution in [0.3, 0.4) is 0 Å². The monoisotopic (exact) mass is 281 g/mol. The third-order valence-electron chi connectivity index (χ3n) is 3.88. The molecule has 0 fully saturated rings. The molecule has 1 aliphatic carbocycles. The molecule has 4 heteroatoms. The number of carbonyl (C=O) groups excluding carboxylic acids is 1. The van der Waals surface area contributed by atoms with Crippen molar-refractivity contribution in [1.82, 2.24) is 0 Å². The number of fused-ring (bicyclic) bond motifs is 1. The van der Waals surface area contributed by atoms with Crippen LogP contribution >= 0.6 is 0 Å². The lowest BCUT2D eigenvalue weighted by atomic mass is 9.90. The largest absolute Gasteiger partial charge is 0.399 e. The normalized spacial score (nSPS) is 13.5. The van der Waals surface area contributed by atoms with Crippen molar-refractivity contribution >= 4 is 23.0 Å². The number of nitrogens with two attached hydrogens (primary N) is 2. The van der Waals surface area contributed by atoms with E-state index in [9.17, 15) is 4.79 Å². The third-order valence-corrected chi connectivity index (χ3v) is 3.88. The standard InChI is InChI=1S/C17H19N3O/c18-13-8-12(9-14(19)10-13)17(21)20-16-7-3-5-11-4-1-2-6-15(11)16/h3,5,7-10H,1-2,4,6,18-19H2,(H,20,21). The first-order valence-electron chi connectivity index (χ1n) is 7.21. The third kappa shape index (κ3) is 2.84. The molecule has 0 atom stereocenters. The zero-order valence-electron chi connectivity index (χ0n) is 11.9. The molecule has 1 aliphatic rings. The summed E-state index contributed by atoms with van der Waals surface area (Å²) in [6.45, 7) is 0. The Morgan fingerprint density at radius 1 is 1.00 bits per heavy atom. The maximum absolute atomic E-state index is 12.4. The molecule has 1 amide bonds. The molecule has 0 spiro atoms. The highest BCUT2D eigenvalue weighted by atomic mass is 16.1. The second kappa shape index (κ2) is 5.48. The van der Waals surface area contributed by atoms with E-state index in [2.05, 4.69) is 11.4 Å². The summed E-state index contributed by atoms with van der Waals surface area (Å²) in [6, 6.07) is 11.0. The number of rotatable bonds is 2. The minimum Gasteiger partial charge on any atom is -0.399 e. The predicted molar refractivity (Wildman–Crippen MR) is 86.3 cm³/mol. The van der Waals surface area contributed by atoms with Gasteiger partial charge in [0.25, 0.3) is 5.91 Å². The van der Waals surface area contributed by atoms with E-state index in [4.69, 9.17) is 11.5 Å². The summed E-state index contributed by atoms with van der Waals surface area (Å²) >= 11 is 0. The summed E-state index contributed by atoms with van der Waals surface area (Å²) in [6.07, 6.45) is 4.50. The second-order valence-corrected chi connectivity index (χ2v) is 5.49. The van der Waals surface area contributed by atoms with Crippen LogP contribution in [0.4, 0.5) is 17.1 Å². The SMILES string of the molecule is Nc1cc(N)cc(C(=O)Nc2cccc3c2CCCC3)c1. The van der Waals surface area contributed by atoms with Gasteiger partial charge in [0.1, 0.15) is 0 Å². The molecule has 0 unspecified atom stereocenters. The number of nitrogen functional groups attached to an aromatic ring is 2. The number of hydrogen-bond donors (Lipinski definition) is 3. The predicted octanol–water partition coefficient (Wildman–Crippen LogP) is 2.98. The van der Waals surface area contributed by atoms with Crippen LogP contribution in [-0.4, -0.2) is 5.91 Å². The highest BCUT2D eigenvalue weighted by Gasteiger charge is 2.15. The molecule has 21 heavy (non-hydrogen) atoms. The van der Waals surface area contributed by atoms with Crippen molar-refractivity contribution in [2.45, 2.75) is 25.7 Å². The molecule has 0 aromatic heterocycles. The molecule has 0 heterocycles. The van der Waals surface area contributed by atoms with E-state index in [1.807, 2.05) is 12.1 Å². The first-order chi connectivity index (χ1) is 10.1. The van der Waals surface area contributed by atoms with Crippen molar-refractivity contribution in [3.05, 3.63) is 53.1 Å². The zero-order chi connectivity index (χ0) is 14.8. The Hall–Kier alpha value is -2.49. The van der Waals surface area contributed by atoms with Crippen LogP contribution in [0.1, 0.15) is 34.3 Å². The van der Waals surface area contributed by atoms with Gasteiger partial charge in [-0.2, -0.15) is 0 Å². The van der Waals surface area contributed by atoms with Crippen molar-refractivity contribution < 1.29 is 4.79 Å². The number of carbonyl (C=O) groups is 1. The lowest BCUT2D eigenvalue weighted by Crippen LogP contribution is -2.16. The van der Waals surface area contributed by atoms with Gasteiger partial charge in [-0.3, -0.25) is 4.79 Å². The molecule has 0 bridgehead atoms.